The molecule has 1 heterocycles. The summed E-state index contributed by atoms with van der Waals surface area (Å²) in [4.78, 5) is 8.50. The molecule has 5 heteroatoms. The third-order valence-corrected chi connectivity index (χ3v) is 2.98. The van der Waals surface area contributed by atoms with E-state index in [1.54, 1.807) is 6.33 Å². The second kappa shape index (κ2) is 6.63. The van der Waals surface area contributed by atoms with Crippen LogP contribution in [-0.4, -0.2) is 29.7 Å². The Balaban J connectivity index is 2.00. The molecule has 0 aliphatic carbocycles. The summed E-state index contributed by atoms with van der Waals surface area (Å²) in [6.07, 6.45) is 1.56. The number of fused-ring (bicyclic) bond motifs is 1. The van der Waals surface area contributed by atoms with Crippen LogP contribution in [0.5, 0.6) is 0 Å². The highest BCUT2D eigenvalue weighted by Gasteiger charge is 2.03. The van der Waals surface area contributed by atoms with Gasteiger partial charge in [-0.15, -0.1) is 0 Å². The van der Waals surface area contributed by atoms with Crippen molar-refractivity contribution in [2.75, 3.05) is 25.1 Å². The average molecular weight is 322 g/mol. The lowest BCUT2D eigenvalue weighted by atomic mass is 10.2. The van der Waals surface area contributed by atoms with Gasteiger partial charge >= 0.3 is 0 Å². The van der Waals surface area contributed by atoms with Gasteiger partial charge in [0.2, 0.25) is 0 Å². The molecule has 0 aliphatic rings. The van der Waals surface area contributed by atoms with Gasteiger partial charge in [0, 0.05) is 16.4 Å². The number of hydrogen-bond acceptors (Lipinski definition) is 4. The summed E-state index contributed by atoms with van der Waals surface area (Å²) in [6, 6.07) is 5.94. The van der Waals surface area contributed by atoms with Gasteiger partial charge in [-0.25, -0.2) is 9.97 Å². The van der Waals surface area contributed by atoms with Crippen LogP contribution in [0.15, 0.2) is 41.2 Å². The Labute approximate surface area is 121 Å². The Morgan fingerprint density at radius 2 is 2.26 bits per heavy atom. The number of rotatable bonds is 6. The smallest absolute Gasteiger partial charge is 0.137 e. The van der Waals surface area contributed by atoms with Crippen LogP contribution in [-0.2, 0) is 4.74 Å². The van der Waals surface area contributed by atoms with Crippen LogP contribution >= 0.6 is 15.9 Å². The number of benzene rings is 1. The molecule has 0 fully saturated rings. The lowest BCUT2D eigenvalue weighted by Gasteiger charge is -2.09. The number of halogens is 1. The molecule has 4 nitrogen and oxygen atoms in total. The molecule has 1 aromatic heterocycles. The molecular formula is C14H16BrN3O. The fourth-order valence-electron chi connectivity index (χ4n) is 1.66. The highest BCUT2D eigenvalue weighted by molar-refractivity contribution is 9.10. The van der Waals surface area contributed by atoms with Crippen LogP contribution in [0.25, 0.3) is 10.9 Å². The molecule has 2 aromatic rings. The largest absolute Gasteiger partial charge is 0.375 e. The first-order valence-electron chi connectivity index (χ1n) is 6.03. The molecule has 0 spiro atoms. The Hall–Kier alpha value is -1.46. The molecule has 1 aromatic carbocycles. The van der Waals surface area contributed by atoms with Gasteiger partial charge in [0.15, 0.2) is 0 Å². The van der Waals surface area contributed by atoms with E-state index < -0.39 is 0 Å². The SMILES string of the molecule is C=C(C)COCCNc1ncnc2ccc(Br)cc12. The number of hydrogen-bond donors (Lipinski definition) is 1. The van der Waals surface area contributed by atoms with Crippen LogP contribution < -0.4 is 5.32 Å². The van der Waals surface area contributed by atoms with E-state index in [1.165, 1.54) is 0 Å². The van der Waals surface area contributed by atoms with E-state index in [9.17, 15) is 0 Å². The normalized spacial score (nSPS) is 10.6. The molecule has 100 valence electrons. The molecule has 0 aliphatic heterocycles. The van der Waals surface area contributed by atoms with Crippen molar-refractivity contribution in [3.8, 4) is 0 Å². The molecule has 0 radical (unpaired) electrons. The maximum Gasteiger partial charge on any atom is 0.137 e. The Bertz CT molecular complexity index is 586. The average Bonchev–Trinajstić information content (AvgIpc) is 2.38. The minimum absolute atomic E-state index is 0.595. The van der Waals surface area contributed by atoms with E-state index in [4.69, 9.17) is 4.74 Å². The topological polar surface area (TPSA) is 47.0 Å². The van der Waals surface area contributed by atoms with Crippen LogP contribution in [0.3, 0.4) is 0 Å². The molecule has 0 amide bonds. The Morgan fingerprint density at radius 1 is 1.42 bits per heavy atom. The Kier molecular flexibility index (Phi) is 4.87. The zero-order valence-electron chi connectivity index (χ0n) is 10.8. The quantitative estimate of drug-likeness (QED) is 0.654. The number of ether oxygens (including phenoxy) is 1. The van der Waals surface area contributed by atoms with Crippen molar-refractivity contribution in [1.29, 1.82) is 0 Å². The maximum absolute atomic E-state index is 5.44. The van der Waals surface area contributed by atoms with Crippen molar-refractivity contribution in [1.82, 2.24) is 9.97 Å². The molecule has 0 saturated carbocycles. The summed E-state index contributed by atoms with van der Waals surface area (Å²) in [5.41, 5.74) is 1.94. The standard InChI is InChI=1S/C14H16BrN3O/c1-10(2)8-19-6-5-16-14-12-7-11(15)3-4-13(12)17-9-18-14/h3-4,7,9H,1,5-6,8H2,2H3,(H,16,17,18). The van der Waals surface area contributed by atoms with E-state index >= 15 is 0 Å². The van der Waals surface area contributed by atoms with E-state index in [0.717, 1.165) is 26.8 Å². The first-order chi connectivity index (χ1) is 9.16. The van der Waals surface area contributed by atoms with Crippen molar-refractivity contribution in [2.24, 2.45) is 0 Å². The van der Waals surface area contributed by atoms with Crippen LogP contribution in [0.4, 0.5) is 5.82 Å². The van der Waals surface area contributed by atoms with Crippen molar-refractivity contribution in [3.05, 3.63) is 41.2 Å². The third kappa shape index (κ3) is 4.01. The number of nitrogens with zero attached hydrogens (tertiary/aromatic N) is 2. The monoisotopic (exact) mass is 321 g/mol. The van der Waals surface area contributed by atoms with Gasteiger partial charge in [0.25, 0.3) is 0 Å². The maximum atomic E-state index is 5.44. The fourth-order valence-corrected chi connectivity index (χ4v) is 2.02. The summed E-state index contributed by atoms with van der Waals surface area (Å²) in [5, 5.41) is 4.26. The van der Waals surface area contributed by atoms with Gasteiger partial charge in [-0.05, 0) is 25.1 Å². The highest BCUT2D eigenvalue weighted by Crippen LogP contribution is 2.22. The van der Waals surface area contributed by atoms with Crippen molar-refractivity contribution in [3.63, 3.8) is 0 Å². The summed E-state index contributed by atoms with van der Waals surface area (Å²) in [6.45, 7) is 7.65. The number of nitrogens with one attached hydrogen (secondary N) is 1. The van der Waals surface area contributed by atoms with Gasteiger partial charge < -0.3 is 10.1 Å². The van der Waals surface area contributed by atoms with Gasteiger partial charge in [-0.3, -0.25) is 0 Å². The van der Waals surface area contributed by atoms with Gasteiger partial charge in [-0.1, -0.05) is 28.1 Å². The van der Waals surface area contributed by atoms with Gasteiger partial charge in [0.1, 0.15) is 12.1 Å². The number of aromatic nitrogens is 2. The lowest BCUT2D eigenvalue weighted by Crippen LogP contribution is -2.11. The van der Waals surface area contributed by atoms with Crippen LogP contribution in [0.1, 0.15) is 6.92 Å². The second-order valence-electron chi connectivity index (χ2n) is 4.32. The van der Waals surface area contributed by atoms with Crippen LogP contribution in [0, 0.1) is 0 Å². The molecule has 0 saturated heterocycles. The van der Waals surface area contributed by atoms with Crippen molar-refractivity contribution >= 4 is 32.7 Å². The van der Waals surface area contributed by atoms with Crippen molar-refractivity contribution in [2.45, 2.75) is 6.92 Å². The van der Waals surface area contributed by atoms with E-state index in [2.05, 4.69) is 37.8 Å². The zero-order valence-corrected chi connectivity index (χ0v) is 12.4. The summed E-state index contributed by atoms with van der Waals surface area (Å²) < 4.78 is 6.45. The molecule has 0 unspecified atom stereocenters. The van der Waals surface area contributed by atoms with E-state index in [1.807, 2.05) is 25.1 Å². The minimum Gasteiger partial charge on any atom is -0.375 e. The first-order valence-corrected chi connectivity index (χ1v) is 6.82. The molecular weight excluding hydrogens is 306 g/mol. The predicted molar refractivity (Wildman–Crippen MR) is 81.4 cm³/mol. The van der Waals surface area contributed by atoms with E-state index in [0.29, 0.717) is 19.8 Å². The lowest BCUT2D eigenvalue weighted by molar-refractivity contribution is 0.167. The zero-order chi connectivity index (χ0) is 13.7. The predicted octanol–water partition coefficient (Wildman–Crippen LogP) is 3.40. The molecule has 0 atom stereocenters. The van der Waals surface area contributed by atoms with Crippen LogP contribution in [0.2, 0.25) is 0 Å². The fraction of sp³-hybridized carbons (Fsp3) is 0.286. The highest BCUT2D eigenvalue weighted by atomic mass is 79.9. The minimum atomic E-state index is 0.595. The van der Waals surface area contributed by atoms with Crippen molar-refractivity contribution < 1.29 is 4.74 Å². The second-order valence-corrected chi connectivity index (χ2v) is 5.24. The summed E-state index contributed by atoms with van der Waals surface area (Å²) in [7, 11) is 0. The summed E-state index contributed by atoms with van der Waals surface area (Å²) in [5.74, 6) is 0.824. The first kappa shape index (κ1) is 14.0. The molecule has 0 bridgehead atoms. The molecule has 2 rings (SSSR count). The molecule has 1 N–H and O–H groups in total. The molecule has 19 heavy (non-hydrogen) atoms. The summed E-state index contributed by atoms with van der Waals surface area (Å²) >= 11 is 3.46. The van der Waals surface area contributed by atoms with Gasteiger partial charge in [-0.2, -0.15) is 0 Å². The number of anilines is 1. The Morgan fingerprint density at radius 3 is 3.05 bits per heavy atom. The van der Waals surface area contributed by atoms with E-state index in [-0.39, 0.29) is 0 Å². The van der Waals surface area contributed by atoms with Gasteiger partial charge in [0.05, 0.1) is 18.7 Å². The third-order valence-electron chi connectivity index (χ3n) is 2.48.